The van der Waals surface area contributed by atoms with E-state index in [9.17, 15) is 4.79 Å². The van der Waals surface area contributed by atoms with Crippen LogP contribution in [-0.4, -0.2) is 16.1 Å². The van der Waals surface area contributed by atoms with Crippen molar-refractivity contribution < 1.29 is 9.90 Å². The third kappa shape index (κ3) is 2.15. The standard InChI is InChI=1S/C11H8BrNO2S/c1-6-9(11(14)15)13-10(16-6)7-2-4-8(12)5-3-7/h2-5H,1H3,(H,14,15). The van der Waals surface area contributed by atoms with Gasteiger partial charge in [-0.05, 0) is 19.1 Å². The minimum Gasteiger partial charge on any atom is -0.476 e. The van der Waals surface area contributed by atoms with Crippen molar-refractivity contribution in [3.05, 3.63) is 39.3 Å². The molecule has 0 atom stereocenters. The van der Waals surface area contributed by atoms with Crippen molar-refractivity contribution in [3.8, 4) is 10.6 Å². The molecule has 0 spiro atoms. The number of thiazole rings is 1. The van der Waals surface area contributed by atoms with Gasteiger partial charge in [-0.15, -0.1) is 11.3 Å². The summed E-state index contributed by atoms with van der Waals surface area (Å²) in [5, 5.41) is 9.65. The number of hydrogen-bond acceptors (Lipinski definition) is 3. The van der Waals surface area contributed by atoms with E-state index in [2.05, 4.69) is 20.9 Å². The van der Waals surface area contributed by atoms with E-state index in [1.807, 2.05) is 24.3 Å². The predicted octanol–water partition coefficient (Wildman–Crippen LogP) is 3.58. The van der Waals surface area contributed by atoms with Gasteiger partial charge < -0.3 is 5.11 Å². The zero-order valence-electron chi connectivity index (χ0n) is 8.40. The number of nitrogens with zero attached hydrogens (tertiary/aromatic N) is 1. The molecule has 0 unspecified atom stereocenters. The zero-order valence-corrected chi connectivity index (χ0v) is 10.8. The van der Waals surface area contributed by atoms with Crippen molar-refractivity contribution in [3.63, 3.8) is 0 Å². The molecule has 0 saturated heterocycles. The Morgan fingerprint density at radius 2 is 2.00 bits per heavy atom. The number of rotatable bonds is 2. The number of halogens is 1. The Balaban J connectivity index is 2.45. The predicted molar refractivity (Wildman–Crippen MR) is 66.9 cm³/mol. The van der Waals surface area contributed by atoms with Gasteiger partial charge in [-0.2, -0.15) is 0 Å². The summed E-state index contributed by atoms with van der Waals surface area (Å²) >= 11 is 4.74. The third-order valence-corrected chi connectivity index (χ3v) is 3.64. The van der Waals surface area contributed by atoms with E-state index < -0.39 is 5.97 Å². The number of aromatic nitrogens is 1. The fourth-order valence-electron chi connectivity index (χ4n) is 1.31. The monoisotopic (exact) mass is 297 g/mol. The smallest absolute Gasteiger partial charge is 0.355 e. The highest BCUT2D eigenvalue weighted by Crippen LogP contribution is 2.28. The maximum absolute atomic E-state index is 10.9. The lowest BCUT2D eigenvalue weighted by molar-refractivity contribution is 0.0690. The number of carboxylic acid groups (broad SMARTS) is 1. The summed E-state index contributed by atoms with van der Waals surface area (Å²) < 4.78 is 0.989. The van der Waals surface area contributed by atoms with Crippen LogP contribution in [0.4, 0.5) is 0 Å². The zero-order chi connectivity index (χ0) is 11.7. The summed E-state index contributed by atoms with van der Waals surface area (Å²) in [5.41, 5.74) is 1.08. The van der Waals surface area contributed by atoms with Crippen molar-refractivity contribution in [2.45, 2.75) is 6.92 Å². The molecule has 2 rings (SSSR count). The van der Waals surface area contributed by atoms with Crippen molar-refractivity contribution in [1.29, 1.82) is 0 Å². The molecule has 0 aliphatic heterocycles. The molecule has 0 radical (unpaired) electrons. The van der Waals surface area contributed by atoms with E-state index in [0.29, 0.717) is 0 Å². The van der Waals surface area contributed by atoms with Crippen LogP contribution in [0.3, 0.4) is 0 Å². The first-order chi connectivity index (χ1) is 7.58. The SMILES string of the molecule is Cc1sc(-c2ccc(Br)cc2)nc1C(=O)O. The van der Waals surface area contributed by atoms with Gasteiger partial charge in [-0.3, -0.25) is 0 Å². The lowest BCUT2D eigenvalue weighted by Gasteiger charge is -1.95. The topological polar surface area (TPSA) is 50.2 Å². The van der Waals surface area contributed by atoms with Gasteiger partial charge in [0.05, 0.1) is 0 Å². The lowest BCUT2D eigenvalue weighted by Crippen LogP contribution is -1.98. The Kier molecular flexibility index (Phi) is 3.07. The van der Waals surface area contributed by atoms with E-state index in [0.717, 1.165) is 19.9 Å². The first kappa shape index (κ1) is 11.3. The number of aromatic carboxylic acids is 1. The molecule has 1 heterocycles. The van der Waals surface area contributed by atoms with Gasteiger partial charge in [0.15, 0.2) is 5.69 Å². The molecule has 16 heavy (non-hydrogen) atoms. The normalized spacial score (nSPS) is 10.4. The van der Waals surface area contributed by atoms with Gasteiger partial charge in [0.1, 0.15) is 5.01 Å². The molecule has 0 aliphatic carbocycles. The molecule has 1 N–H and O–H groups in total. The number of aryl methyl sites for hydroxylation is 1. The number of carbonyl (C=O) groups is 1. The molecule has 0 saturated carbocycles. The molecular weight excluding hydrogens is 290 g/mol. The maximum atomic E-state index is 10.9. The molecule has 0 bridgehead atoms. The van der Waals surface area contributed by atoms with E-state index in [1.54, 1.807) is 6.92 Å². The Labute approximate surface area is 105 Å². The summed E-state index contributed by atoms with van der Waals surface area (Å²) in [6.07, 6.45) is 0. The summed E-state index contributed by atoms with van der Waals surface area (Å²) in [7, 11) is 0. The summed E-state index contributed by atoms with van der Waals surface area (Å²) in [4.78, 5) is 15.7. The second-order valence-corrected chi connectivity index (χ2v) is 5.35. The summed E-state index contributed by atoms with van der Waals surface area (Å²) in [6, 6.07) is 7.64. The van der Waals surface area contributed by atoms with Crippen LogP contribution in [0.2, 0.25) is 0 Å². The minimum absolute atomic E-state index is 0.142. The van der Waals surface area contributed by atoms with Crippen molar-refractivity contribution in [1.82, 2.24) is 4.98 Å². The first-order valence-corrected chi connectivity index (χ1v) is 6.15. The fourth-order valence-corrected chi connectivity index (χ4v) is 2.49. The molecule has 2 aromatic rings. The summed E-state index contributed by atoms with van der Waals surface area (Å²) in [6.45, 7) is 1.77. The largest absolute Gasteiger partial charge is 0.476 e. The molecule has 1 aromatic heterocycles. The van der Waals surface area contributed by atoms with Crippen LogP contribution in [0.25, 0.3) is 10.6 Å². The Hall–Kier alpha value is -1.20. The fraction of sp³-hybridized carbons (Fsp3) is 0.0909. The van der Waals surface area contributed by atoms with Gasteiger partial charge >= 0.3 is 5.97 Å². The molecule has 0 fully saturated rings. The van der Waals surface area contributed by atoms with Crippen molar-refractivity contribution in [2.24, 2.45) is 0 Å². The molecule has 5 heteroatoms. The van der Waals surface area contributed by atoms with Crippen LogP contribution in [-0.2, 0) is 0 Å². The molecule has 3 nitrogen and oxygen atoms in total. The highest BCUT2D eigenvalue weighted by Gasteiger charge is 2.14. The van der Waals surface area contributed by atoms with E-state index in [-0.39, 0.29) is 5.69 Å². The van der Waals surface area contributed by atoms with Crippen LogP contribution < -0.4 is 0 Å². The van der Waals surface area contributed by atoms with Crippen LogP contribution in [0.1, 0.15) is 15.4 Å². The lowest BCUT2D eigenvalue weighted by atomic mass is 10.2. The van der Waals surface area contributed by atoms with Gasteiger partial charge in [-0.1, -0.05) is 28.1 Å². The van der Waals surface area contributed by atoms with Crippen LogP contribution in [0, 0.1) is 6.92 Å². The molecule has 82 valence electrons. The Morgan fingerprint density at radius 3 is 2.50 bits per heavy atom. The molecule has 0 amide bonds. The average molecular weight is 298 g/mol. The quantitative estimate of drug-likeness (QED) is 0.922. The second kappa shape index (κ2) is 4.35. The van der Waals surface area contributed by atoms with E-state index in [1.165, 1.54) is 11.3 Å². The van der Waals surface area contributed by atoms with Crippen molar-refractivity contribution in [2.75, 3.05) is 0 Å². The molecule has 0 aliphatic rings. The maximum Gasteiger partial charge on any atom is 0.355 e. The van der Waals surface area contributed by atoms with E-state index >= 15 is 0 Å². The van der Waals surface area contributed by atoms with Crippen LogP contribution in [0.5, 0.6) is 0 Å². The van der Waals surface area contributed by atoms with Crippen LogP contribution in [0.15, 0.2) is 28.7 Å². The molecule has 1 aromatic carbocycles. The second-order valence-electron chi connectivity index (χ2n) is 3.24. The van der Waals surface area contributed by atoms with Crippen LogP contribution >= 0.6 is 27.3 Å². The Morgan fingerprint density at radius 1 is 1.38 bits per heavy atom. The van der Waals surface area contributed by atoms with Gasteiger partial charge in [-0.25, -0.2) is 9.78 Å². The average Bonchev–Trinajstić information content (AvgIpc) is 2.61. The number of carboxylic acids is 1. The van der Waals surface area contributed by atoms with Gasteiger partial charge in [0, 0.05) is 14.9 Å². The van der Waals surface area contributed by atoms with Crippen molar-refractivity contribution >= 4 is 33.2 Å². The third-order valence-electron chi connectivity index (χ3n) is 2.09. The number of benzene rings is 1. The van der Waals surface area contributed by atoms with Gasteiger partial charge in [0.25, 0.3) is 0 Å². The van der Waals surface area contributed by atoms with E-state index in [4.69, 9.17) is 5.11 Å². The number of hydrogen-bond donors (Lipinski definition) is 1. The first-order valence-electron chi connectivity index (χ1n) is 4.54. The summed E-state index contributed by atoms with van der Waals surface area (Å²) in [5.74, 6) is -0.975. The van der Waals surface area contributed by atoms with Gasteiger partial charge in [0.2, 0.25) is 0 Å². The Bertz CT molecular complexity index is 533. The highest BCUT2D eigenvalue weighted by molar-refractivity contribution is 9.10. The highest BCUT2D eigenvalue weighted by atomic mass is 79.9. The molecular formula is C11H8BrNO2S. The minimum atomic E-state index is -0.975.